The minimum absolute atomic E-state index is 0.236. The van der Waals surface area contributed by atoms with Crippen LogP contribution in [0, 0.1) is 5.82 Å². The van der Waals surface area contributed by atoms with Gasteiger partial charge in [0.2, 0.25) is 0 Å². The number of carbonyl (C=O) groups is 1. The van der Waals surface area contributed by atoms with Crippen molar-refractivity contribution in [3.8, 4) is 0 Å². The number of hydrogen-bond donors (Lipinski definition) is 0. The molecule has 68 valence electrons. The molecule has 1 aromatic carbocycles. The molecule has 0 saturated carbocycles. The lowest BCUT2D eigenvalue weighted by Gasteiger charge is -1.95. The maximum atomic E-state index is 12.5. The minimum atomic E-state index is -0.236. The van der Waals surface area contributed by atoms with E-state index in [1.54, 1.807) is 19.1 Å². The average Bonchev–Trinajstić information content (AvgIpc) is 2.16. The van der Waals surface area contributed by atoms with Crippen molar-refractivity contribution in [3.63, 3.8) is 0 Å². The van der Waals surface area contributed by atoms with Crippen LogP contribution in [-0.2, 0) is 11.2 Å². The quantitative estimate of drug-likeness (QED) is 0.513. The Kier molecular flexibility index (Phi) is 3.38. The zero-order chi connectivity index (χ0) is 9.68. The van der Waals surface area contributed by atoms with Crippen molar-refractivity contribution in [1.82, 2.24) is 0 Å². The lowest BCUT2D eigenvalue weighted by atomic mass is 10.1. The molecule has 0 saturated heterocycles. The highest BCUT2D eigenvalue weighted by molar-refractivity contribution is 5.72. The molecule has 0 unspecified atom stereocenters. The summed E-state index contributed by atoms with van der Waals surface area (Å²) in [5.41, 5.74) is 1.70. The predicted octanol–water partition coefficient (Wildman–Crippen LogP) is 2.51. The van der Waals surface area contributed by atoms with E-state index in [0.29, 0.717) is 12.0 Å². The Balaban J connectivity index is 2.65. The van der Waals surface area contributed by atoms with Crippen LogP contribution in [0.15, 0.2) is 35.9 Å². The van der Waals surface area contributed by atoms with Crippen molar-refractivity contribution in [1.29, 1.82) is 0 Å². The summed E-state index contributed by atoms with van der Waals surface area (Å²) in [6.07, 6.45) is 3.30. The van der Waals surface area contributed by atoms with Crippen molar-refractivity contribution in [2.24, 2.45) is 0 Å². The molecule has 0 heterocycles. The monoisotopic (exact) mass is 178 g/mol. The molecule has 0 aromatic heterocycles. The van der Waals surface area contributed by atoms with Crippen LogP contribution in [-0.4, -0.2) is 6.29 Å². The van der Waals surface area contributed by atoms with E-state index < -0.39 is 0 Å². The van der Waals surface area contributed by atoms with Gasteiger partial charge < -0.3 is 0 Å². The number of benzene rings is 1. The van der Waals surface area contributed by atoms with E-state index in [1.165, 1.54) is 12.1 Å². The van der Waals surface area contributed by atoms with E-state index in [-0.39, 0.29) is 5.82 Å². The Morgan fingerprint density at radius 1 is 1.38 bits per heavy atom. The average molecular weight is 178 g/mol. The van der Waals surface area contributed by atoms with Crippen LogP contribution in [0.25, 0.3) is 0 Å². The summed E-state index contributed by atoms with van der Waals surface area (Å²) < 4.78 is 12.5. The fraction of sp³-hybridized carbons (Fsp3) is 0.182. The molecular formula is C11H11FO. The first-order chi connectivity index (χ1) is 6.22. The highest BCUT2D eigenvalue weighted by atomic mass is 19.1. The molecule has 0 N–H and O–H groups in total. The van der Waals surface area contributed by atoms with Gasteiger partial charge in [-0.05, 0) is 36.6 Å². The smallest absolute Gasteiger partial charge is 0.145 e. The van der Waals surface area contributed by atoms with Crippen molar-refractivity contribution in [2.75, 3.05) is 0 Å². The van der Waals surface area contributed by atoms with Crippen LogP contribution < -0.4 is 0 Å². The first kappa shape index (κ1) is 9.65. The molecule has 0 radical (unpaired) electrons. The van der Waals surface area contributed by atoms with Gasteiger partial charge in [0, 0.05) is 0 Å². The topological polar surface area (TPSA) is 17.1 Å². The van der Waals surface area contributed by atoms with Crippen molar-refractivity contribution < 1.29 is 9.18 Å². The van der Waals surface area contributed by atoms with Crippen molar-refractivity contribution in [2.45, 2.75) is 13.3 Å². The van der Waals surface area contributed by atoms with Crippen LogP contribution in [0.5, 0.6) is 0 Å². The summed E-state index contributed by atoms with van der Waals surface area (Å²) in [5, 5.41) is 0. The van der Waals surface area contributed by atoms with E-state index in [2.05, 4.69) is 0 Å². The van der Waals surface area contributed by atoms with E-state index in [9.17, 15) is 9.18 Å². The van der Waals surface area contributed by atoms with Crippen LogP contribution in [0.2, 0.25) is 0 Å². The minimum Gasteiger partial charge on any atom is -0.298 e. The van der Waals surface area contributed by atoms with Crippen LogP contribution in [0.4, 0.5) is 4.39 Å². The van der Waals surface area contributed by atoms with Crippen molar-refractivity contribution in [3.05, 3.63) is 47.3 Å². The van der Waals surface area contributed by atoms with E-state index in [1.807, 2.05) is 6.08 Å². The Bertz CT molecular complexity index is 311. The zero-order valence-corrected chi connectivity index (χ0v) is 7.46. The van der Waals surface area contributed by atoms with Gasteiger partial charge in [0.15, 0.2) is 0 Å². The summed E-state index contributed by atoms with van der Waals surface area (Å²) in [5.74, 6) is -0.236. The highest BCUT2D eigenvalue weighted by Crippen LogP contribution is 2.04. The lowest BCUT2D eigenvalue weighted by Crippen LogP contribution is -1.84. The van der Waals surface area contributed by atoms with E-state index in [4.69, 9.17) is 0 Å². The van der Waals surface area contributed by atoms with Crippen LogP contribution in [0.3, 0.4) is 0 Å². The molecule has 1 rings (SSSR count). The maximum Gasteiger partial charge on any atom is 0.145 e. The van der Waals surface area contributed by atoms with Gasteiger partial charge in [0.1, 0.15) is 12.1 Å². The van der Waals surface area contributed by atoms with Gasteiger partial charge in [-0.1, -0.05) is 18.2 Å². The molecule has 1 aromatic rings. The second kappa shape index (κ2) is 4.55. The Morgan fingerprint density at radius 3 is 2.54 bits per heavy atom. The van der Waals surface area contributed by atoms with Gasteiger partial charge in [0.05, 0.1) is 0 Å². The summed E-state index contributed by atoms with van der Waals surface area (Å²) in [7, 11) is 0. The summed E-state index contributed by atoms with van der Waals surface area (Å²) >= 11 is 0. The molecule has 0 aliphatic carbocycles. The summed E-state index contributed by atoms with van der Waals surface area (Å²) in [4.78, 5) is 10.3. The Labute approximate surface area is 76.9 Å². The van der Waals surface area contributed by atoms with Gasteiger partial charge in [-0.25, -0.2) is 4.39 Å². The van der Waals surface area contributed by atoms with Crippen LogP contribution in [0.1, 0.15) is 12.5 Å². The normalized spacial score (nSPS) is 11.4. The maximum absolute atomic E-state index is 12.5. The third kappa shape index (κ3) is 3.20. The van der Waals surface area contributed by atoms with Gasteiger partial charge in [-0.2, -0.15) is 0 Å². The Hall–Kier alpha value is -1.44. The number of carbonyl (C=O) groups excluding carboxylic acids is 1. The third-order valence-corrected chi connectivity index (χ3v) is 1.76. The first-order valence-corrected chi connectivity index (χ1v) is 4.09. The summed E-state index contributed by atoms with van der Waals surface area (Å²) in [6, 6.07) is 6.26. The first-order valence-electron chi connectivity index (χ1n) is 4.09. The van der Waals surface area contributed by atoms with Gasteiger partial charge in [-0.3, -0.25) is 4.79 Å². The number of aldehydes is 1. The standard InChI is InChI=1S/C11H11FO/c1-9(8-13)2-3-10-4-6-11(12)7-5-10/h2,4-8H,3H2,1H3/b9-2+. The largest absolute Gasteiger partial charge is 0.298 e. The van der Waals surface area contributed by atoms with Gasteiger partial charge in [-0.15, -0.1) is 0 Å². The molecule has 0 atom stereocenters. The van der Waals surface area contributed by atoms with E-state index >= 15 is 0 Å². The second-order valence-corrected chi connectivity index (χ2v) is 2.90. The van der Waals surface area contributed by atoms with Crippen LogP contribution >= 0.6 is 0 Å². The molecule has 2 heteroatoms. The molecule has 0 aliphatic rings. The SMILES string of the molecule is C/C(C=O)=C\Cc1ccc(F)cc1. The predicted molar refractivity (Wildman–Crippen MR) is 49.9 cm³/mol. The highest BCUT2D eigenvalue weighted by Gasteiger charge is 1.91. The molecule has 0 bridgehead atoms. The second-order valence-electron chi connectivity index (χ2n) is 2.90. The molecule has 0 amide bonds. The fourth-order valence-electron chi connectivity index (χ4n) is 0.947. The number of halogens is 1. The Morgan fingerprint density at radius 2 is 2.00 bits per heavy atom. The molecule has 0 fully saturated rings. The van der Waals surface area contributed by atoms with E-state index in [0.717, 1.165) is 11.8 Å². The number of allylic oxidation sites excluding steroid dienone is 2. The fourth-order valence-corrected chi connectivity index (χ4v) is 0.947. The van der Waals surface area contributed by atoms with Gasteiger partial charge in [0.25, 0.3) is 0 Å². The molecule has 0 aliphatic heterocycles. The van der Waals surface area contributed by atoms with Crippen molar-refractivity contribution >= 4 is 6.29 Å². The molecule has 1 nitrogen and oxygen atoms in total. The number of rotatable bonds is 3. The third-order valence-electron chi connectivity index (χ3n) is 1.76. The van der Waals surface area contributed by atoms with Gasteiger partial charge >= 0.3 is 0 Å². The molecular weight excluding hydrogens is 167 g/mol. The molecule has 13 heavy (non-hydrogen) atoms. The zero-order valence-electron chi connectivity index (χ0n) is 7.46. The summed E-state index contributed by atoms with van der Waals surface area (Å²) in [6.45, 7) is 1.75. The molecule has 0 spiro atoms. The number of hydrogen-bond acceptors (Lipinski definition) is 1. The lowest BCUT2D eigenvalue weighted by molar-refractivity contribution is -0.104.